The van der Waals surface area contributed by atoms with Crippen molar-refractivity contribution in [3.8, 4) is 5.82 Å². The molecule has 2 heterocycles. The Kier molecular flexibility index (Phi) is 3.71. The number of nitrogens with zero attached hydrogens (tertiary/aromatic N) is 3. The van der Waals surface area contributed by atoms with Crippen molar-refractivity contribution in [3.63, 3.8) is 0 Å². The SMILES string of the molecule is NC1CCC(Nc2nccc(-n3ccc4ccccc43)n2)CC1. The highest BCUT2D eigenvalue weighted by Gasteiger charge is 2.19. The van der Waals surface area contributed by atoms with E-state index in [-0.39, 0.29) is 0 Å². The number of anilines is 1. The molecule has 1 fully saturated rings. The summed E-state index contributed by atoms with van der Waals surface area (Å²) in [5, 5.41) is 4.67. The smallest absolute Gasteiger partial charge is 0.224 e. The Morgan fingerprint density at radius 3 is 2.74 bits per heavy atom. The van der Waals surface area contributed by atoms with Crippen molar-refractivity contribution in [1.82, 2.24) is 14.5 Å². The van der Waals surface area contributed by atoms with E-state index in [1.165, 1.54) is 5.39 Å². The lowest BCUT2D eigenvalue weighted by Crippen LogP contribution is -2.33. The van der Waals surface area contributed by atoms with Gasteiger partial charge in [0.25, 0.3) is 0 Å². The summed E-state index contributed by atoms with van der Waals surface area (Å²) in [6.07, 6.45) is 8.17. The molecule has 3 N–H and O–H groups in total. The zero-order valence-electron chi connectivity index (χ0n) is 13.0. The summed E-state index contributed by atoms with van der Waals surface area (Å²) < 4.78 is 2.10. The Hall–Kier alpha value is -2.40. The number of hydrogen-bond donors (Lipinski definition) is 2. The summed E-state index contributed by atoms with van der Waals surface area (Å²) in [6, 6.07) is 13.1. The van der Waals surface area contributed by atoms with Crippen LogP contribution in [0, 0.1) is 0 Å². The molecule has 0 bridgehead atoms. The van der Waals surface area contributed by atoms with E-state index in [2.05, 4.69) is 44.2 Å². The summed E-state index contributed by atoms with van der Waals surface area (Å²) in [6.45, 7) is 0. The molecule has 5 heteroatoms. The van der Waals surface area contributed by atoms with Crippen molar-refractivity contribution in [1.29, 1.82) is 0 Å². The lowest BCUT2D eigenvalue weighted by atomic mass is 9.92. The summed E-state index contributed by atoms with van der Waals surface area (Å²) >= 11 is 0. The number of nitrogens with two attached hydrogens (primary N) is 1. The van der Waals surface area contributed by atoms with Gasteiger partial charge in [-0.05, 0) is 49.3 Å². The topological polar surface area (TPSA) is 68.8 Å². The minimum Gasteiger partial charge on any atom is -0.351 e. The van der Waals surface area contributed by atoms with Gasteiger partial charge in [0.15, 0.2) is 0 Å². The van der Waals surface area contributed by atoms with Crippen LogP contribution in [0.3, 0.4) is 0 Å². The van der Waals surface area contributed by atoms with Gasteiger partial charge in [-0.2, -0.15) is 4.98 Å². The molecule has 1 saturated carbocycles. The van der Waals surface area contributed by atoms with Crippen molar-refractivity contribution < 1.29 is 0 Å². The van der Waals surface area contributed by atoms with Gasteiger partial charge in [-0.3, -0.25) is 0 Å². The Morgan fingerprint density at radius 2 is 1.87 bits per heavy atom. The van der Waals surface area contributed by atoms with Crippen LogP contribution in [0.15, 0.2) is 48.8 Å². The van der Waals surface area contributed by atoms with Crippen LogP contribution in [0.2, 0.25) is 0 Å². The quantitative estimate of drug-likeness (QED) is 0.780. The molecular formula is C18H21N5. The highest BCUT2D eigenvalue weighted by atomic mass is 15.2. The fraction of sp³-hybridized carbons (Fsp3) is 0.333. The third-order valence-corrected chi connectivity index (χ3v) is 4.59. The van der Waals surface area contributed by atoms with Gasteiger partial charge in [0.2, 0.25) is 5.95 Å². The zero-order chi connectivity index (χ0) is 15.6. The number of aromatic nitrogens is 3. The molecule has 1 aromatic carbocycles. The predicted octanol–water partition coefficient (Wildman–Crippen LogP) is 3.10. The molecule has 0 unspecified atom stereocenters. The van der Waals surface area contributed by atoms with Gasteiger partial charge in [-0.15, -0.1) is 0 Å². The third-order valence-electron chi connectivity index (χ3n) is 4.59. The normalized spacial score (nSPS) is 21.4. The molecule has 23 heavy (non-hydrogen) atoms. The van der Waals surface area contributed by atoms with E-state index in [0.717, 1.165) is 37.0 Å². The molecular weight excluding hydrogens is 286 g/mol. The number of nitrogens with one attached hydrogen (secondary N) is 1. The van der Waals surface area contributed by atoms with Crippen molar-refractivity contribution in [2.24, 2.45) is 5.73 Å². The molecule has 0 aliphatic heterocycles. The maximum absolute atomic E-state index is 5.97. The molecule has 4 rings (SSSR count). The fourth-order valence-corrected chi connectivity index (χ4v) is 3.28. The Morgan fingerprint density at radius 1 is 1.04 bits per heavy atom. The second-order valence-electron chi connectivity index (χ2n) is 6.24. The number of benzene rings is 1. The molecule has 0 spiro atoms. The number of rotatable bonds is 3. The molecule has 1 aliphatic carbocycles. The fourth-order valence-electron chi connectivity index (χ4n) is 3.28. The Balaban J connectivity index is 1.59. The first-order valence-corrected chi connectivity index (χ1v) is 8.21. The van der Waals surface area contributed by atoms with Gasteiger partial charge in [0.1, 0.15) is 5.82 Å². The Bertz CT molecular complexity index is 802. The average molecular weight is 307 g/mol. The van der Waals surface area contributed by atoms with Gasteiger partial charge in [-0.25, -0.2) is 4.98 Å². The van der Waals surface area contributed by atoms with Crippen LogP contribution in [0.5, 0.6) is 0 Å². The molecule has 0 amide bonds. The standard InChI is InChI=1S/C18H21N5/c19-14-5-7-15(8-6-14)21-18-20-11-9-17(22-18)23-12-10-13-3-1-2-4-16(13)23/h1-4,9-12,14-15H,5-8,19H2,(H,20,21,22). The van der Waals surface area contributed by atoms with Crippen molar-refractivity contribution in [2.45, 2.75) is 37.8 Å². The van der Waals surface area contributed by atoms with E-state index in [1.54, 1.807) is 0 Å². The van der Waals surface area contributed by atoms with E-state index in [0.29, 0.717) is 18.0 Å². The van der Waals surface area contributed by atoms with Crippen LogP contribution in [-0.2, 0) is 0 Å². The summed E-state index contributed by atoms with van der Waals surface area (Å²) in [5.41, 5.74) is 7.12. The van der Waals surface area contributed by atoms with Crippen LogP contribution < -0.4 is 11.1 Å². The second kappa shape index (κ2) is 6.01. The van der Waals surface area contributed by atoms with Gasteiger partial charge < -0.3 is 15.6 Å². The maximum atomic E-state index is 5.97. The van der Waals surface area contributed by atoms with E-state index >= 15 is 0 Å². The molecule has 2 aromatic heterocycles. The molecule has 0 saturated heterocycles. The van der Waals surface area contributed by atoms with E-state index in [9.17, 15) is 0 Å². The van der Waals surface area contributed by atoms with Gasteiger partial charge in [0.05, 0.1) is 5.52 Å². The first-order chi connectivity index (χ1) is 11.3. The highest BCUT2D eigenvalue weighted by molar-refractivity contribution is 5.81. The minimum atomic E-state index is 0.353. The molecule has 0 atom stereocenters. The molecule has 5 nitrogen and oxygen atoms in total. The number of para-hydroxylation sites is 1. The summed E-state index contributed by atoms with van der Waals surface area (Å²) in [5.74, 6) is 1.58. The summed E-state index contributed by atoms with van der Waals surface area (Å²) in [4.78, 5) is 9.06. The lowest BCUT2D eigenvalue weighted by Gasteiger charge is -2.26. The third kappa shape index (κ3) is 2.92. The van der Waals surface area contributed by atoms with Crippen LogP contribution in [-0.4, -0.2) is 26.6 Å². The first kappa shape index (κ1) is 14.2. The van der Waals surface area contributed by atoms with E-state index in [4.69, 9.17) is 5.73 Å². The predicted molar refractivity (Wildman–Crippen MR) is 92.7 cm³/mol. The van der Waals surface area contributed by atoms with Crippen molar-refractivity contribution in [2.75, 3.05) is 5.32 Å². The first-order valence-electron chi connectivity index (χ1n) is 8.21. The van der Waals surface area contributed by atoms with Crippen molar-refractivity contribution >= 4 is 16.9 Å². The lowest BCUT2D eigenvalue weighted by molar-refractivity contribution is 0.410. The van der Waals surface area contributed by atoms with Gasteiger partial charge in [0, 0.05) is 24.5 Å². The largest absolute Gasteiger partial charge is 0.351 e. The van der Waals surface area contributed by atoms with Gasteiger partial charge >= 0.3 is 0 Å². The second-order valence-corrected chi connectivity index (χ2v) is 6.24. The van der Waals surface area contributed by atoms with Gasteiger partial charge in [-0.1, -0.05) is 18.2 Å². The highest BCUT2D eigenvalue weighted by Crippen LogP contribution is 2.22. The van der Waals surface area contributed by atoms with Crippen LogP contribution in [0.1, 0.15) is 25.7 Å². The van der Waals surface area contributed by atoms with E-state index < -0.39 is 0 Å². The molecule has 118 valence electrons. The number of hydrogen-bond acceptors (Lipinski definition) is 4. The average Bonchev–Trinajstić information content (AvgIpc) is 3.01. The van der Waals surface area contributed by atoms with Crippen LogP contribution in [0.4, 0.5) is 5.95 Å². The Labute approximate surface area is 135 Å². The van der Waals surface area contributed by atoms with Crippen LogP contribution >= 0.6 is 0 Å². The maximum Gasteiger partial charge on any atom is 0.224 e. The molecule has 1 aliphatic rings. The van der Waals surface area contributed by atoms with Crippen LogP contribution in [0.25, 0.3) is 16.7 Å². The summed E-state index contributed by atoms with van der Waals surface area (Å²) in [7, 11) is 0. The molecule has 0 radical (unpaired) electrons. The molecule has 3 aromatic rings. The monoisotopic (exact) mass is 307 g/mol. The minimum absolute atomic E-state index is 0.353. The zero-order valence-corrected chi connectivity index (χ0v) is 13.0. The van der Waals surface area contributed by atoms with Crippen molar-refractivity contribution in [3.05, 3.63) is 48.8 Å². The van der Waals surface area contributed by atoms with E-state index in [1.807, 2.05) is 24.4 Å². The number of fused-ring (bicyclic) bond motifs is 1.